The molecule has 124 valence electrons. The van der Waals surface area contributed by atoms with E-state index in [2.05, 4.69) is 51.8 Å². The molecule has 0 amide bonds. The molecule has 2 unspecified atom stereocenters. The highest BCUT2D eigenvalue weighted by molar-refractivity contribution is 4.92. The molecule has 0 aromatic carbocycles. The summed E-state index contributed by atoms with van der Waals surface area (Å²) in [7, 11) is 0. The molecule has 0 aromatic rings. The summed E-state index contributed by atoms with van der Waals surface area (Å²) in [5.74, 6) is 0.854. The van der Waals surface area contributed by atoms with Gasteiger partial charge in [-0.15, -0.1) is 0 Å². The van der Waals surface area contributed by atoms with Crippen molar-refractivity contribution in [3.8, 4) is 0 Å². The zero-order chi connectivity index (χ0) is 15.7. The maximum atomic E-state index is 4.06. The lowest BCUT2D eigenvalue weighted by Gasteiger charge is -2.45. The van der Waals surface area contributed by atoms with E-state index in [-0.39, 0.29) is 0 Å². The van der Waals surface area contributed by atoms with Gasteiger partial charge in [0, 0.05) is 30.7 Å². The van der Waals surface area contributed by atoms with Gasteiger partial charge < -0.3 is 5.32 Å². The first kappa shape index (κ1) is 17.3. The smallest absolute Gasteiger partial charge is 0.0125 e. The van der Waals surface area contributed by atoms with Gasteiger partial charge in [0.15, 0.2) is 0 Å². The van der Waals surface area contributed by atoms with Crippen molar-refractivity contribution >= 4 is 0 Å². The molecule has 1 saturated carbocycles. The fourth-order valence-corrected chi connectivity index (χ4v) is 4.39. The first-order valence-electron chi connectivity index (χ1n) is 9.19. The van der Waals surface area contributed by atoms with Crippen molar-refractivity contribution in [2.45, 2.75) is 97.7 Å². The maximum Gasteiger partial charge on any atom is 0.0125 e. The van der Waals surface area contributed by atoms with E-state index in [9.17, 15) is 0 Å². The second-order valence-corrected chi connectivity index (χ2v) is 9.46. The average Bonchev–Trinajstić information content (AvgIpc) is 2.37. The van der Waals surface area contributed by atoms with Crippen LogP contribution in [-0.4, -0.2) is 35.6 Å². The Labute approximate surface area is 133 Å². The largest absolute Gasteiger partial charge is 0.311 e. The van der Waals surface area contributed by atoms with Crippen LogP contribution in [-0.2, 0) is 0 Å². The predicted octanol–water partition coefficient (Wildman–Crippen LogP) is 4.44. The number of hydrogen-bond donors (Lipinski definition) is 1. The van der Waals surface area contributed by atoms with Gasteiger partial charge in [-0.3, -0.25) is 4.90 Å². The van der Waals surface area contributed by atoms with E-state index in [4.69, 9.17) is 0 Å². The second-order valence-electron chi connectivity index (χ2n) is 9.46. The van der Waals surface area contributed by atoms with Gasteiger partial charge in [0.05, 0.1) is 0 Å². The summed E-state index contributed by atoms with van der Waals surface area (Å²) < 4.78 is 0. The molecule has 0 spiro atoms. The quantitative estimate of drug-likeness (QED) is 0.810. The Hall–Kier alpha value is -0.0800. The van der Waals surface area contributed by atoms with E-state index in [1.54, 1.807) is 0 Å². The molecule has 1 aliphatic carbocycles. The molecule has 1 saturated heterocycles. The summed E-state index contributed by atoms with van der Waals surface area (Å²) in [6.45, 7) is 16.8. The third kappa shape index (κ3) is 4.69. The van der Waals surface area contributed by atoms with Crippen LogP contribution in [0, 0.1) is 11.3 Å². The van der Waals surface area contributed by atoms with Crippen molar-refractivity contribution in [2.75, 3.05) is 13.1 Å². The van der Waals surface area contributed by atoms with Crippen LogP contribution in [0.1, 0.15) is 80.1 Å². The minimum atomic E-state index is 0.337. The van der Waals surface area contributed by atoms with E-state index in [0.717, 1.165) is 18.0 Å². The highest BCUT2D eigenvalue weighted by Gasteiger charge is 2.36. The van der Waals surface area contributed by atoms with E-state index in [1.165, 1.54) is 51.6 Å². The van der Waals surface area contributed by atoms with Crippen LogP contribution >= 0.6 is 0 Å². The lowest BCUT2D eigenvalue weighted by molar-refractivity contribution is 0.0757. The van der Waals surface area contributed by atoms with Crippen molar-refractivity contribution in [1.29, 1.82) is 0 Å². The molecule has 1 N–H and O–H groups in total. The van der Waals surface area contributed by atoms with E-state index < -0.39 is 0 Å². The molecule has 2 atom stereocenters. The van der Waals surface area contributed by atoms with Gasteiger partial charge in [-0.2, -0.15) is 0 Å². The first-order chi connectivity index (χ1) is 9.68. The lowest BCUT2D eigenvalue weighted by Crippen LogP contribution is -2.54. The molecule has 0 radical (unpaired) electrons. The maximum absolute atomic E-state index is 4.06. The Bertz CT molecular complexity index is 315. The third-order valence-corrected chi connectivity index (χ3v) is 5.77. The molecular weight excluding hydrogens is 256 g/mol. The van der Waals surface area contributed by atoms with Crippen molar-refractivity contribution in [2.24, 2.45) is 11.3 Å². The van der Waals surface area contributed by atoms with Gasteiger partial charge in [0.25, 0.3) is 0 Å². The summed E-state index contributed by atoms with van der Waals surface area (Å²) in [5, 5.41) is 4.06. The van der Waals surface area contributed by atoms with Gasteiger partial charge in [0.1, 0.15) is 0 Å². The van der Waals surface area contributed by atoms with Crippen LogP contribution in [0.3, 0.4) is 0 Å². The van der Waals surface area contributed by atoms with Crippen LogP contribution in [0.2, 0.25) is 0 Å². The summed E-state index contributed by atoms with van der Waals surface area (Å²) in [4.78, 5) is 2.65. The fourth-order valence-electron chi connectivity index (χ4n) is 4.39. The minimum absolute atomic E-state index is 0.337. The molecular formula is C19H38N2. The van der Waals surface area contributed by atoms with Crippen molar-refractivity contribution in [3.63, 3.8) is 0 Å². The molecule has 0 bridgehead atoms. The van der Waals surface area contributed by atoms with E-state index in [1.807, 2.05) is 0 Å². The number of rotatable bonds is 2. The molecule has 2 heteroatoms. The topological polar surface area (TPSA) is 15.3 Å². The monoisotopic (exact) mass is 294 g/mol. The minimum Gasteiger partial charge on any atom is -0.311 e. The van der Waals surface area contributed by atoms with Crippen molar-refractivity contribution < 1.29 is 0 Å². The van der Waals surface area contributed by atoms with Gasteiger partial charge in [-0.05, 0) is 57.8 Å². The Morgan fingerprint density at radius 3 is 1.90 bits per heavy atom. The molecule has 2 fully saturated rings. The standard InChI is InChI=1S/C19H38N2/c1-18(2,3)16-9-7-8-10-17(16)20-15-11-13-21(14-12-15)19(4,5)6/h15-17,20H,7-14H2,1-6H3. The Morgan fingerprint density at radius 2 is 1.38 bits per heavy atom. The molecule has 2 aliphatic rings. The SMILES string of the molecule is CC(C)(C)C1CCCCC1NC1CCN(C(C)(C)C)CC1. The summed E-state index contributed by atoms with van der Waals surface area (Å²) >= 11 is 0. The summed E-state index contributed by atoms with van der Waals surface area (Å²) in [6.07, 6.45) is 8.31. The van der Waals surface area contributed by atoms with Crippen LogP contribution in [0.4, 0.5) is 0 Å². The molecule has 2 rings (SSSR count). The zero-order valence-corrected chi connectivity index (χ0v) is 15.3. The number of hydrogen-bond acceptors (Lipinski definition) is 2. The van der Waals surface area contributed by atoms with Gasteiger partial charge in [-0.1, -0.05) is 33.6 Å². The van der Waals surface area contributed by atoms with Crippen LogP contribution in [0.5, 0.6) is 0 Å². The van der Waals surface area contributed by atoms with Crippen molar-refractivity contribution in [1.82, 2.24) is 10.2 Å². The van der Waals surface area contributed by atoms with Gasteiger partial charge in [0.2, 0.25) is 0 Å². The molecule has 0 aromatic heterocycles. The third-order valence-electron chi connectivity index (χ3n) is 5.77. The van der Waals surface area contributed by atoms with Crippen molar-refractivity contribution in [3.05, 3.63) is 0 Å². The number of nitrogens with one attached hydrogen (secondary N) is 1. The highest BCUT2D eigenvalue weighted by atomic mass is 15.2. The lowest BCUT2D eigenvalue weighted by atomic mass is 9.69. The van der Waals surface area contributed by atoms with Crippen LogP contribution in [0.25, 0.3) is 0 Å². The van der Waals surface area contributed by atoms with Gasteiger partial charge >= 0.3 is 0 Å². The van der Waals surface area contributed by atoms with E-state index in [0.29, 0.717) is 11.0 Å². The highest BCUT2D eigenvalue weighted by Crippen LogP contribution is 2.38. The Morgan fingerprint density at radius 1 is 0.810 bits per heavy atom. The summed E-state index contributed by atoms with van der Waals surface area (Å²) in [5.41, 5.74) is 0.786. The molecule has 1 heterocycles. The molecule has 21 heavy (non-hydrogen) atoms. The number of likely N-dealkylation sites (tertiary alicyclic amines) is 1. The Kier molecular flexibility index (Phi) is 5.41. The van der Waals surface area contributed by atoms with Gasteiger partial charge in [-0.25, -0.2) is 0 Å². The average molecular weight is 295 g/mol. The number of piperidine rings is 1. The van der Waals surface area contributed by atoms with E-state index >= 15 is 0 Å². The second kappa shape index (κ2) is 6.58. The Balaban J connectivity index is 1.87. The fraction of sp³-hybridized carbons (Fsp3) is 1.00. The molecule has 2 nitrogen and oxygen atoms in total. The number of nitrogens with zero attached hydrogens (tertiary/aromatic N) is 1. The van der Waals surface area contributed by atoms with Crippen LogP contribution < -0.4 is 5.32 Å². The normalized spacial score (nSPS) is 30.6. The first-order valence-corrected chi connectivity index (χ1v) is 9.19. The predicted molar refractivity (Wildman–Crippen MR) is 92.7 cm³/mol. The van der Waals surface area contributed by atoms with Crippen LogP contribution in [0.15, 0.2) is 0 Å². The zero-order valence-electron chi connectivity index (χ0n) is 15.3. The summed E-state index contributed by atoms with van der Waals surface area (Å²) in [6, 6.07) is 1.50. The molecule has 1 aliphatic heterocycles.